The summed E-state index contributed by atoms with van der Waals surface area (Å²) < 4.78 is 6.19. The largest absolute Gasteiger partial charge is 0.465 e. The van der Waals surface area contributed by atoms with Gasteiger partial charge in [0.2, 0.25) is 5.95 Å². The number of benzene rings is 1. The summed E-state index contributed by atoms with van der Waals surface area (Å²) in [7, 11) is 1.35. The zero-order valence-electron chi connectivity index (χ0n) is 11.6. The quantitative estimate of drug-likeness (QED) is 0.681. The van der Waals surface area contributed by atoms with Crippen LogP contribution in [0, 0.1) is 13.8 Å². The number of aryl methyl sites for hydroxylation is 2. The molecule has 0 fully saturated rings. The maximum Gasteiger partial charge on any atom is 0.337 e. The number of hydrogen-bond donors (Lipinski definition) is 1. The maximum absolute atomic E-state index is 11.5. The van der Waals surface area contributed by atoms with Crippen molar-refractivity contribution in [3.8, 4) is 0 Å². The van der Waals surface area contributed by atoms with Crippen molar-refractivity contribution in [2.24, 2.45) is 5.10 Å². The van der Waals surface area contributed by atoms with E-state index >= 15 is 0 Å². The number of aromatic nitrogens is 2. The van der Waals surface area contributed by atoms with Crippen molar-refractivity contribution in [2.45, 2.75) is 13.8 Å². The SMILES string of the molecule is COC(=O)c1cc(C)cc(C=Nn2cc(C)nc2N)c1. The fourth-order valence-electron chi connectivity index (χ4n) is 1.85. The van der Waals surface area contributed by atoms with Crippen molar-refractivity contribution in [1.29, 1.82) is 0 Å². The molecule has 0 unspecified atom stereocenters. The predicted molar refractivity (Wildman–Crippen MR) is 76.9 cm³/mol. The molecule has 1 aromatic heterocycles. The Morgan fingerprint density at radius 1 is 1.40 bits per heavy atom. The van der Waals surface area contributed by atoms with Gasteiger partial charge in [0, 0.05) is 0 Å². The lowest BCUT2D eigenvalue weighted by Crippen LogP contribution is -2.03. The third-order valence-electron chi connectivity index (χ3n) is 2.69. The van der Waals surface area contributed by atoms with Gasteiger partial charge < -0.3 is 10.5 Å². The highest BCUT2D eigenvalue weighted by atomic mass is 16.5. The third-order valence-corrected chi connectivity index (χ3v) is 2.69. The molecule has 0 radical (unpaired) electrons. The van der Waals surface area contributed by atoms with Crippen molar-refractivity contribution in [2.75, 3.05) is 12.8 Å². The first-order valence-electron chi connectivity index (χ1n) is 6.05. The van der Waals surface area contributed by atoms with E-state index in [1.54, 1.807) is 24.5 Å². The molecule has 1 heterocycles. The Balaban J connectivity index is 2.31. The average Bonchev–Trinajstić information content (AvgIpc) is 2.73. The standard InChI is InChI=1S/C14H16N4O2/c1-9-4-11(6-12(5-9)13(19)20-3)7-16-18-8-10(2)17-14(18)15/h4-8H,1-3H3,(H2,15,17). The van der Waals surface area contributed by atoms with Crippen LogP contribution in [0.15, 0.2) is 29.5 Å². The summed E-state index contributed by atoms with van der Waals surface area (Å²) in [5, 5.41) is 4.22. The second-order valence-corrected chi connectivity index (χ2v) is 4.45. The van der Waals surface area contributed by atoms with Crippen molar-refractivity contribution >= 4 is 18.1 Å². The van der Waals surface area contributed by atoms with Gasteiger partial charge in [-0.05, 0) is 37.1 Å². The molecule has 2 rings (SSSR count). The van der Waals surface area contributed by atoms with E-state index in [9.17, 15) is 4.79 Å². The van der Waals surface area contributed by atoms with Crippen LogP contribution in [-0.4, -0.2) is 29.0 Å². The summed E-state index contributed by atoms with van der Waals surface area (Å²) in [5.41, 5.74) is 8.72. The Morgan fingerprint density at radius 3 is 2.75 bits per heavy atom. The third kappa shape index (κ3) is 3.03. The van der Waals surface area contributed by atoms with Crippen molar-refractivity contribution < 1.29 is 9.53 Å². The van der Waals surface area contributed by atoms with Gasteiger partial charge in [0.05, 0.1) is 30.8 Å². The molecule has 0 saturated carbocycles. The number of nitrogen functional groups attached to an aromatic ring is 1. The monoisotopic (exact) mass is 272 g/mol. The second-order valence-electron chi connectivity index (χ2n) is 4.45. The first-order valence-corrected chi connectivity index (χ1v) is 6.05. The number of esters is 1. The minimum absolute atomic E-state index is 0.319. The fourth-order valence-corrected chi connectivity index (χ4v) is 1.85. The van der Waals surface area contributed by atoms with Gasteiger partial charge in [-0.3, -0.25) is 0 Å². The summed E-state index contributed by atoms with van der Waals surface area (Å²) in [6.07, 6.45) is 3.35. The van der Waals surface area contributed by atoms with Gasteiger partial charge in [-0.15, -0.1) is 0 Å². The molecule has 0 amide bonds. The van der Waals surface area contributed by atoms with Gasteiger partial charge in [0.25, 0.3) is 0 Å². The fraction of sp³-hybridized carbons (Fsp3) is 0.214. The van der Waals surface area contributed by atoms with Gasteiger partial charge in [0.1, 0.15) is 0 Å². The normalized spacial score (nSPS) is 10.9. The highest BCUT2D eigenvalue weighted by molar-refractivity contribution is 5.92. The number of rotatable bonds is 3. The molecule has 104 valence electrons. The highest BCUT2D eigenvalue weighted by Gasteiger charge is 2.06. The number of methoxy groups -OCH3 is 1. The lowest BCUT2D eigenvalue weighted by atomic mass is 10.1. The number of carbonyl (C=O) groups excluding carboxylic acids is 1. The minimum atomic E-state index is -0.374. The molecule has 0 bridgehead atoms. The highest BCUT2D eigenvalue weighted by Crippen LogP contribution is 2.10. The molecule has 0 spiro atoms. The van der Waals surface area contributed by atoms with E-state index < -0.39 is 0 Å². The second kappa shape index (κ2) is 5.56. The number of nitrogens with two attached hydrogens (primary N) is 1. The molecule has 0 atom stereocenters. The van der Waals surface area contributed by atoms with Crippen LogP contribution in [0.2, 0.25) is 0 Å². The molecule has 20 heavy (non-hydrogen) atoms. The molecule has 0 aliphatic rings. The lowest BCUT2D eigenvalue weighted by Gasteiger charge is -2.03. The van der Waals surface area contributed by atoms with Gasteiger partial charge in [-0.1, -0.05) is 6.07 Å². The average molecular weight is 272 g/mol. The van der Waals surface area contributed by atoms with Crippen LogP contribution in [0.4, 0.5) is 5.95 Å². The Morgan fingerprint density at radius 2 is 2.15 bits per heavy atom. The van der Waals surface area contributed by atoms with Gasteiger partial charge in [0.15, 0.2) is 0 Å². The number of imidazole rings is 1. The number of anilines is 1. The van der Waals surface area contributed by atoms with Gasteiger partial charge >= 0.3 is 5.97 Å². The molecule has 6 nitrogen and oxygen atoms in total. The van der Waals surface area contributed by atoms with E-state index in [-0.39, 0.29) is 5.97 Å². The topological polar surface area (TPSA) is 82.5 Å². The van der Waals surface area contributed by atoms with E-state index in [0.717, 1.165) is 16.8 Å². The summed E-state index contributed by atoms with van der Waals surface area (Å²) in [6.45, 7) is 3.74. The van der Waals surface area contributed by atoms with E-state index in [4.69, 9.17) is 10.5 Å². The Bertz CT molecular complexity index is 674. The van der Waals surface area contributed by atoms with E-state index in [0.29, 0.717) is 11.5 Å². The first-order chi connectivity index (χ1) is 9.49. The van der Waals surface area contributed by atoms with Crippen molar-refractivity contribution in [1.82, 2.24) is 9.66 Å². The summed E-state index contributed by atoms with van der Waals surface area (Å²) in [5.74, 6) is -0.0547. The first kappa shape index (κ1) is 13.8. The molecule has 6 heteroatoms. The molecular weight excluding hydrogens is 256 g/mol. The molecule has 2 N–H and O–H groups in total. The summed E-state index contributed by atoms with van der Waals surface area (Å²) in [6, 6.07) is 5.39. The van der Waals surface area contributed by atoms with E-state index in [2.05, 4.69) is 10.1 Å². The van der Waals surface area contributed by atoms with Crippen LogP contribution in [0.3, 0.4) is 0 Å². The number of carbonyl (C=O) groups is 1. The number of ether oxygens (including phenoxy) is 1. The van der Waals surface area contributed by atoms with Crippen LogP contribution in [0.25, 0.3) is 0 Å². The van der Waals surface area contributed by atoms with E-state index in [1.807, 2.05) is 19.9 Å². The minimum Gasteiger partial charge on any atom is -0.465 e. The molecule has 0 aliphatic heterocycles. The predicted octanol–water partition coefficient (Wildman–Crippen LogP) is 1.75. The smallest absolute Gasteiger partial charge is 0.337 e. The summed E-state index contributed by atoms with van der Waals surface area (Å²) in [4.78, 5) is 15.6. The van der Waals surface area contributed by atoms with Crippen LogP contribution < -0.4 is 5.73 Å². The van der Waals surface area contributed by atoms with Crippen LogP contribution in [0.5, 0.6) is 0 Å². The molecular formula is C14H16N4O2. The maximum atomic E-state index is 11.5. The molecule has 0 saturated heterocycles. The summed E-state index contributed by atoms with van der Waals surface area (Å²) >= 11 is 0. The van der Waals surface area contributed by atoms with E-state index in [1.165, 1.54) is 11.8 Å². The van der Waals surface area contributed by atoms with Gasteiger partial charge in [-0.25, -0.2) is 14.5 Å². The van der Waals surface area contributed by atoms with Crippen LogP contribution >= 0.6 is 0 Å². The molecule has 0 aliphatic carbocycles. The zero-order chi connectivity index (χ0) is 14.7. The number of hydrogen-bond acceptors (Lipinski definition) is 5. The number of nitrogens with zero attached hydrogens (tertiary/aromatic N) is 3. The Hall–Kier alpha value is -2.63. The van der Waals surface area contributed by atoms with Crippen LogP contribution in [0.1, 0.15) is 27.2 Å². The van der Waals surface area contributed by atoms with Gasteiger partial charge in [-0.2, -0.15) is 5.10 Å². The van der Waals surface area contributed by atoms with Crippen LogP contribution in [-0.2, 0) is 4.74 Å². The molecule has 1 aromatic carbocycles. The Kier molecular flexibility index (Phi) is 3.84. The lowest BCUT2D eigenvalue weighted by molar-refractivity contribution is 0.0600. The van der Waals surface area contributed by atoms with Crippen molar-refractivity contribution in [3.63, 3.8) is 0 Å². The Labute approximate surface area is 116 Å². The van der Waals surface area contributed by atoms with Crippen molar-refractivity contribution in [3.05, 3.63) is 46.8 Å². The zero-order valence-corrected chi connectivity index (χ0v) is 11.6. The molecule has 2 aromatic rings.